The molecule has 0 bridgehead atoms. The van der Waals surface area contributed by atoms with Crippen molar-refractivity contribution in [2.24, 2.45) is 0 Å². The Bertz CT molecular complexity index is 1280. The number of benzene rings is 3. The van der Waals surface area contributed by atoms with E-state index in [1.807, 2.05) is 36.4 Å². The van der Waals surface area contributed by atoms with Gasteiger partial charge in [0, 0.05) is 27.5 Å². The number of aromatic nitrogens is 2. The van der Waals surface area contributed by atoms with Crippen LogP contribution in [0, 0.1) is 6.92 Å². The van der Waals surface area contributed by atoms with Crippen LogP contribution in [-0.2, 0) is 0 Å². The average molecular weight is 409 g/mol. The fraction of sp³-hybridized carbons (Fsp3) is 0.0400. The molecule has 146 valence electrons. The van der Waals surface area contributed by atoms with E-state index in [9.17, 15) is 0 Å². The molecule has 0 fully saturated rings. The molecule has 4 nitrogen and oxygen atoms in total. The Labute approximate surface area is 179 Å². The molecule has 0 aliphatic rings. The van der Waals surface area contributed by atoms with Gasteiger partial charge < -0.3 is 10.6 Å². The maximum Gasteiger partial charge on any atom is 0.143 e. The van der Waals surface area contributed by atoms with Gasteiger partial charge in [0.05, 0.1) is 5.39 Å². The molecule has 0 radical (unpaired) electrons. The number of rotatable bonds is 5. The van der Waals surface area contributed by atoms with Gasteiger partial charge in [-0.1, -0.05) is 48.5 Å². The SMILES string of the molecule is Cc1sc2ncnc(Nc3ccc(Nc4ccccc4)cc3)c2c1-c1ccccc1. The average Bonchev–Trinajstić information content (AvgIpc) is 3.13. The Hall–Kier alpha value is -3.70. The van der Waals surface area contributed by atoms with Crippen molar-refractivity contribution in [3.05, 3.63) is 96.1 Å². The van der Waals surface area contributed by atoms with Crippen LogP contribution in [0.1, 0.15) is 4.88 Å². The largest absolute Gasteiger partial charge is 0.356 e. The van der Waals surface area contributed by atoms with Crippen LogP contribution in [0.5, 0.6) is 0 Å². The number of anilines is 4. The first-order valence-corrected chi connectivity index (χ1v) is 10.6. The molecule has 0 amide bonds. The van der Waals surface area contributed by atoms with E-state index in [1.165, 1.54) is 16.0 Å². The Balaban J connectivity index is 1.47. The predicted molar refractivity (Wildman–Crippen MR) is 127 cm³/mol. The fourth-order valence-corrected chi connectivity index (χ4v) is 4.57. The van der Waals surface area contributed by atoms with Crippen molar-refractivity contribution in [3.63, 3.8) is 0 Å². The maximum atomic E-state index is 4.56. The summed E-state index contributed by atoms with van der Waals surface area (Å²) in [6.07, 6.45) is 1.63. The highest BCUT2D eigenvalue weighted by Gasteiger charge is 2.16. The summed E-state index contributed by atoms with van der Waals surface area (Å²) in [5, 5.41) is 7.96. The molecular formula is C25H20N4S. The molecule has 0 unspecified atom stereocenters. The van der Waals surface area contributed by atoms with Crippen molar-refractivity contribution in [1.29, 1.82) is 0 Å². The Morgan fingerprint density at radius 1 is 0.667 bits per heavy atom. The van der Waals surface area contributed by atoms with Gasteiger partial charge in [0.1, 0.15) is 17.0 Å². The van der Waals surface area contributed by atoms with E-state index in [2.05, 4.69) is 76.1 Å². The first-order valence-electron chi connectivity index (χ1n) is 9.76. The lowest BCUT2D eigenvalue weighted by Gasteiger charge is -2.11. The van der Waals surface area contributed by atoms with E-state index >= 15 is 0 Å². The number of hydrogen-bond acceptors (Lipinski definition) is 5. The maximum absolute atomic E-state index is 4.56. The van der Waals surface area contributed by atoms with Crippen LogP contribution < -0.4 is 10.6 Å². The molecule has 0 aliphatic carbocycles. The monoisotopic (exact) mass is 408 g/mol. The molecule has 5 aromatic rings. The number of aryl methyl sites for hydroxylation is 1. The van der Waals surface area contributed by atoms with Crippen LogP contribution in [0.25, 0.3) is 21.3 Å². The second-order valence-corrected chi connectivity index (χ2v) is 8.20. The Morgan fingerprint density at radius 2 is 1.27 bits per heavy atom. The summed E-state index contributed by atoms with van der Waals surface area (Å²) in [6.45, 7) is 2.14. The lowest BCUT2D eigenvalue weighted by molar-refractivity contribution is 1.23. The zero-order valence-electron chi connectivity index (χ0n) is 16.5. The smallest absolute Gasteiger partial charge is 0.143 e. The van der Waals surface area contributed by atoms with Crippen molar-refractivity contribution in [2.45, 2.75) is 6.92 Å². The summed E-state index contributed by atoms with van der Waals surface area (Å²) >= 11 is 1.70. The minimum atomic E-state index is 0.826. The number of nitrogens with zero attached hydrogens (tertiary/aromatic N) is 2. The zero-order chi connectivity index (χ0) is 20.3. The van der Waals surface area contributed by atoms with Gasteiger partial charge in [-0.2, -0.15) is 0 Å². The van der Waals surface area contributed by atoms with Crippen molar-refractivity contribution in [2.75, 3.05) is 10.6 Å². The molecule has 0 saturated heterocycles. The van der Waals surface area contributed by atoms with Gasteiger partial charge in [-0.25, -0.2) is 9.97 Å². The minimum Gasteiger partial charge on any atom is -0.356 e. The van der Waals surface area contributed by atoms with Gasteiger partial charge in [0.2, 0.25) is 0 Å². The molecule has 30 heavy (non-hydrogen) atoms. The lowest BCUT2D eigenvalue weighted by atomic mass is 10.0. The molecule has 5 heteroatoms. The van der Waals surface area contributed by atoms with Gasteiger partial charge in [-0.3, -0.25) is 0 Å². The van der Waals surface area contributed by atoms with Gasteiger partial charge in [-0.05, 0) is 48.9 Å². The first kappa shape index (κ1) is 18.3. The van der Waals surface area contributed by atoms with Crippen molar-refractivity contribution >= 4 is 44.4 Å². The van der Waals surface area contributed by atoms with E-state index in [0.29, 0.717) is 0 Å². The minimum absolute atomic E-state index is 0.826. The third kappa shape index (κ3) is 3.63. The van der Waals surface area contributed by atoms with Crippen LogP contribution in [0.4, 0.5) is 22.9 Å². The van der Waals surface area contributed by atoms with E-state index in [1.54, 1.807) is 17.7 Å². The summed E-state index contributed by atoms with van der Waals surface area (Å²) in [7, 11) is 0. The number of para-hydroxylation sites is 1. The van der Waals surface area contributed by atoms with E-state index < -0.39 is 0 Å². The number of hydrogen-bond donors (Lipinski definition) is 2. The van der Waals surface area contributed by atoms with E-state index in [0.717, 1.165) is 33.1 Å². The third-order valence-electron chi connectivity index (χ3n) is 4.94. The summed E-state index contributed by atoms with van der Waals surface area (Å²) < 4.78 is 0. The fourth-order valence-electron chi connectivity index (χ4n) is 3.55. The van der Waals surface area contributed by atoms with Gasteiger partial charge >= 0.3 is 0 Å². The van der Waals surface area contributed by atoms with Crippen molar-refractivity contribution in [3.8, 4) is 11.1 Å². The van der Waals surface area contributed by atoms with Crippen LogP contribution in [0.2, 0.25) is 0 Å². The summed E-state index contributed by atoms with van der Waals surface area (Å²) in [5.41, 5.74) is 5.46. The molecule has 2 heterocycles. The van der Waals surface area contributed by atoms with Gasteiger partial charge in [-0.15, -0.1) is 11.3 Å². The molecule has 5 rings (SSSR count). The second kappa shape index (κ2) is 7.97. The summed E-state index contributed by atoms with van der Waals surface area (Å²) in [4.78, 5) is 11.3. The second-order valence-electron chi connectivity index (χ2n) is 7.00. The zero-order valence-corrected chi connectivity index (χ0v) is 17.3. The summed E-state index contributed by atoms with van der Waals surface area (Å²) in [5.74, 6) is 0.826. The van der Waals surface area contributed by atoms with Gasteiger partial charge in [0.25, 0.3) is 0 Å². The highest BCUT2D eigenvalue weighted by atomic mass is 32.1. The Morgan fingerprint density at radius 3 is 1.97 bits per heavy atom. The third-order valence-corrected chi connectivity index (χ3v) is 5.95. The van der Waals surface area contributed by atoms with Gasteiger partial charge in [0.15, 0.2) is 0 Å². The first-order chi connectivity index (χ1) is 14.8. The lowest BCUT2D eigenvalue weighted by Crippen LogP contribution is -1.96. The molecule has 0 saturated carbocycles. The standard InChI is InChI=1S/C25H20N4S/c1-17-22(18-8-4-2-5-9-18)23-24(26-16-27-25(23)30-17)29-21-14-12-20(13-15-21)28-19-10-6-3-7-11-19/h2-16,28H,1H3,(H,26,27,29). The molecule has 0 atom stereocenters. The molecule has 0 spiro atoms. The highest BCUT2D eigenvalue weighted by Crippen LogP contribution is 2.40. The molecule has 0 aliphatic heterocycles. The van der Waals surface area contributed by atoms with Crippen molar-refractivity contribution in [1.82, 2.24) is 9.97 Å². The topological polar surface area (TPSA) is 49.8 Å². The number of thiophene rings is 1. The molecule has 2 aromatic heterocycles. The Kier molecular flexibility index (Phi) is 4.87. The number of nitrogens with one attached hydrogen (secondary N) is 2. The normalized spacial score (nSPS) is 10.8. The predicted octanol–water partition coefficient (Wildman–Crippen LogP) is 7.15. The quantitative estimate of drug-likeness (QED) is 0.324. The molecular weight excluding hydrogens is 388 g/mol. The van der Waals surface area contributed by atoms with Crippen LogP contribution in [0.15, 0.2) is 91.3 Å². The molecule has 3 aromatic carbocycles. The van der Waals surface area contributed by atoms with Crippen LogP contribution in [-0.4, -0.2) is 9.97 Å². The van der Waals surface area contributed by atoms with Crippen molar-refractivity contribution < 1.29 is 0 Å². The highest BCUT2D eigenvalue weighted by molar-refractivity contribution is 7.19. The number of fused-ring (bicyclic) bond motifs is 1. The summed E-state index contributed by atoms with van der Waals surface area (Å²) in [6, 6.07) is 28.8. The van der Waals surface area contributed by atoms with E-state index in [-0.39, 0.29) is 0 Å². The van der Waals surface area contributed by atoms with Crippen LogP contribution in [0.3, 0.4) is 0 Å². The van der Waals surface area contributed by atoms with E-state index in [4.69, 9.17) is 0 Å². The van der Waals surface area contributed by atoms with Crippen LogP contribution >= 0.6 is 11.3 Å². The molecule has 2 N–H and O–H groups in total.